The molecule has 0 bridgehead atoms. The predicted octanol–water partition coefficient (Wildman–Crippen LogP) is -0.780. The van der Waals surface area contributed by atoms with Crippen molar-refractivity contribution in [1.29, 1.82) is 0 Å². The predicted molar refractivity (Wildman–Crippen MR) is 10.8 cm³/mol. The van der Waals surface area contributed by atoms with Gasteiger partial charge in [0.15, 0.2) is 0 Å². The van der Waals surface area contributed by atoms with E-state index in [0.29, 0.717) is 0 Å². The van der Waals surface area contributed by atoms with Crippen LogP contribution in [-0.4, -0.2) is 11.6 Å². The summed E-state index contributed by atoms with van der Waals surface area (Å²) in [7, 11) is 0. The Morgan fingerprint density at radius 3 is 1.75 bits per heavy atom. The fourth-order valence-corrected chi connectivity index (χ4v) is 0. The Morgan fingerprint density at radius 1 is 1.75 bits per heavy atom. The summed E-state index contributed by atoms with van der Waals surface area (Å²) >= 11 is 0. The van der Waals surface area contributed by atoms with Gasteiger partial charge in [-0.05, 0) is 0 Å². The Balaban J connectivity index is 0. The third-order valence-electron chi connectivity index (χ3n) is 0. The third-order valence-corrected chi connectivity index (χ3v) is 0. The van der Waals surface area contributed by atoms with Crippen molar-refractivity contribution in [2.75, 3.05) is 0 Å². The minimum Gasteiger partial charge on any atom is -0.483 e. The molecule has 0 aliphatic rings. The zero-order valence-corrected chi connectivity index (χ0v) is 1.88. The van der Waals surface area contributed by atoms with Crippen LogP contribution < -0.4 is 6.15 Å². The highest BCUT2D eigenvalue weighted by molar-refractivity contribution is 5.32. The molecule has 3 radical (unpaired) electrons. The van der Waals surface area contributed by atoms with Crippen LogP contribution in [0.2, 0.25) is 0 Å². The highest BCUT2D eigenvalue weighted by Crippen LogP contribution is 0.966. The molecule has 0 aromatic heterocycles. The molecular weight excluding hydrogens is 58.0 g/mol. The lowest BCUT2D eigenvalue weighted by Crippen LogP contribution is -1.49. The summed E-state index contributed by atoms with van der Waals surface area (Å²) < 4.78 is 0. The Bertz CT molecular complexity index is 13.5. The first kappa shape index (κ1) is 9.90. The lowest BCUT2D eigenvalue weighted by atomic mass is 11.7. The van der Waals surface area contributed by atoms with E-state index in [2.05, 4.69) is 0 Å². The number of rotatable bonds is 0. The quantitative estimate of drug-likeness (QED) is 0.372. The molecule has 0 unspecified atom stereocenters. The molecule has 0 atom stereocenters. The molecular formula is CH2NO2. The molecule has 0 heterocycles. The van der Waals surface area contributed by atoms with Gasteiger partial charge in [-0.25, -0.2) is 0 Å². The highest BCUT2D eigenvalue weighted by atomic mass is 16.3. The van der Waals surface area contributed by atoms with Gasteiger partial charge in [-0.15, -0.1) is 0 Å². The molecule has 3 nitrogen and oxygen atoms in total. The van der Waals surface area contributed by atoms with Crippen LogP contribution in [0, 0.1) is 0 Å². The number of hydrogen-bond acceptors (Lipinski definition) is 1. The minimum atomic E-state index is -0.250. The van der Waals surface area contributed by atoms with Crippen molar-refractivity contribution in [3.8, 4) is 0 Å². The smallest absolute Gasteiger partial charge is 0.290 e. The van der Waals surface area contributed by atoms with Crippen molar-refractivity contribution in [2.24, 2.45) is 0 Å². The van der Waals surface area contributed by atoms with Crippen molar-refractivity contribution >= 4 is 6.47 Å². The summed E-state index contributed by atoms with van der Waals surface area (Å²) in [6.07, 6.45) is 0. The maximum atomic E-state index is 8.36. The number of carboxylic acid groups (broad SMARTS) is 1. The van der Waals surface area contributed by atoms with Crippen molar-refractivity contribution < 1.29 is 9.90 Å². The lowest BCUT2D eigenvalue weighted by Gasteiger charge is -1.34. The fraction of sp³-hybridized carbons (Fsp3) is 0. The van der Waals surface area contributed by atoms with Crippen LogP contribution in [0.1, 0.15) is 0 Å². The monoisotopic (exact) mass is 60.0 g/mol. The van der Waals surface area contributed by atoms with Crippen molar-refractivity contribution in [3.63, 3.8) is 0 Å². The first-order chi connectivity index (χ1) is 1.41. The van der Waals surface area contributed by atoms with Crippen LogP contribution in [0.4, 0.5) is 0 Å². The standard InChI is InChI=1S/CH2O2.N/c2-1-3;/h1H,(H,2,3);. The van der Waals surface area contributed by atoms with Crippen molar-refractivity contribution in [3.05, 3.63) is 0 Å². The van der Waals surface area contributed by atoms with E-state index in [1.54, 1.807) is 0 Å². The zero-order valence-electron chi connectivity index (χ0n) is 1.88. The number of nitrogens with zero attached hydrogens (tertiary/aromatic N) is 1. The van der Waals surface area contributed by atoms with E-state index in [9.17, 15) is 0 Å². The van der Waals surface area contributed by atoms with E-state index in [-0.39, 0.29) is 12.6 Å². The lowest BCUT2D eigenvalue weighted by molar-refractivity contribution is -0.122. The molecule has 0 aromatic carbocycles. The second-order valence-electron chi connectivity index (χ2n) is 0.105. The van der Waals surface area contributed by atoms with Crippen molar-refractivity contribution in [2.45, 2.75) is 0 Å². The van der Waals surface area contributed by atoms with Gasteiger partial charge in [0.25, 0.3) is 6.47 Å². The molecule has 0 aromatic rings. The maximum Gasteiger partial charge on any atom is 0.290 e. The average Bonchev–Trinajstić information content (AvgIpc) is 0.918. The number of carbonyl (C=O) groups is 1. The van der Waals surface area contributed by atoms with E-state index < -0.39 is 0 Å². The van der Waals surface area contributed by atoms with Gasteiger partial charge in [-0.3, -0.25) is 4.79 Å². The molecule has 0 aliphatic carbocycles. The van der Waals surface area contributed by atoms with Crippen LogP contribution >= 0.6 is 0 Å². The molecule has 0 spiro atoms. The van der Waals surface area contributed by atoms with Gasteiger partial charge < -0.3 is 5.11 Å². The fourth-order valence-electron chi connectivity index (χ4n) is 0. The number of hydrogen-bond donors (Lipinski definition) is 1. The van der Waals surface area contributed by atoms with E-state index >= 15 is 0 Å². The van der Waals surface area contributed by atoms with Gasteiger partial charge in [0.05, 0.1) is 0 Å². The Labute approximate surface area is 23.8 Å². The summed E-state index contributed by atoms with van der Waals surface area (Å²) in [5.41, 5.74) is 0. The second kappa shape index (κ2) is 26.9. The van der Waals surface area contributed by atoms with Gasteiger partial charge >= 0.3 is 0 Å². The Hall–Kier alpha value is -0.570. The molecule has 0 saturated carbocycles. The highest BCUT2D eigenvalue weighted by Gasteiger charge is 1.22. The van der Waals surface area contributed by atoms with Gasteiger partial charge in [-0.1, -0.05) is 0 Å². The molecule has 0 saturated heterocycles. The van der Waals surface area contributed by atoms with Gasteiger partial charge in [-0.2, -0.15) is 0 Å². The Kier molecular flexibility index (Phi) is 66.5. The normalized spacial score (nSPS) is 3.00. The van der Waals surface area contributed by atoms with Crippen LogP contribution in [-0.2, 0) is 4.79 Å². The molecule has 4 heavy (non-hydrogen) atoms. The van der Waals surface area contributed by atoms with Gasteiger partial charge in [0, 0.05) is 6.15 Å². The molecule has 0 fully saturated rings. The molecule has 1 N–H and O–H groups in total. The maximum absolute atomic E-state index is 8.36. The summed E-state index contributed by atoms with van der Waals surface area (Å²) in [4.78, 5) is 8.36. The first-order valence-corrected chi connectivity index (χ1v) is 0.494. The van der Waals surface area contributed by atoms with E-state index in [1.165, 1.54) is 0 Å². The average molecular weight is 60.0 g/mol. The molecule has 23 valence electrons. The SMILES string of the molecule is O=CO.[N]. The molecule has 3 heteroatoms. The largest absolute Gasteiger partial charge is 0.483 e. The van der Waals surface area contributed by atoms with E-state index in [0.717, 1.165) is 0 Å². The molecule has 0 rings (SSSR count). The van der Waals surface area contributed by atoms with Crippen LogP contribution in [0.3, 0.4) is 0 Å². The van der Waals surface area contributed by atoms with E-state index in [1.807, 2.05) is 0 Å². The second-order valence-corrected chi connectivity index (χ2v) is 0.105. The van der Waals surface area contributed by atoms with Crippen LogP contribution in [0.25, 0.3) is 0 Å². The summed E-state index contributed by atoms with van der Waals surface area (Å²) in [5.74, 6) is 0. The van der Waals surface area contributed by atoms with Gasteiger partial charge in [0.2, 0.25) is 0 Å². The van der Waals surface area contributed by atoms with Crippen LogP contribution in [0.15, 0.2) is 0 Å². The zero-order chi connectivity index (χ0) is 2.71. The van der Waals surface area contributed by atoms with Crippen molar-refractivity contribution in [1.82, 2.24) is 6.15 Å². The molecule has 0 aliphatic heterocycles. The third kappa shape index (κ3) is 0.814. The summed E-state index contributed by atoms with van der Waals surface area (Å²) in [6.45, 7) is -0.250. The molecule has 0 amide bonds. The minimum absolute atomic E-state index is 0. The topological polar surface area (TPSA) is 67.8 Å². The van der Waals surface area contributed by atoms with Crippen LogP contribution in [0.5, 0.6) is 0 Å². The van der Waals surface area contributed by atoms with E-state index in [4.69, 9.17) is 9.90 Å². The summed E-state index contributed by atoms with van der Waals surface area (Å²) in [6, 6.07) is 0. The first-order valence-electron chi connectivity index (χ1n) is 0.494. The Morgan fingerprint density at radius 2 is 1.75 bits per heavy atom. The van der Waals surface area contributed by atoms with Gasteiger partial charge in [0.1, 0.15) is 0 Å². The summed E-state index contributed by atoms with van der Waals surface area (Å²) in [5, 5.41) is 6.89.